The molecule has 5 saturated heterocycles. The molecule has 8 fully saturated rings. The summed E-state index contributed by atoms with van der Waals surface area (Å²) in [5, 5.41) is 109. The molecule has 10 N–H and O–H groups in total. The second-order valence-corrected chi connectivity index (χ2v) is 24.8. The van der Waals surface area contributed by atoms with Crippen LogP contribution in [0.4, 0.5) is 0 Å². The number of rotatable bonds is 13. The molecule has 0 spiro atoms. The Hall–Kier alpha value is -1.32. The highest BCUT2D eigenvalue weighted by Crippen LogP contribution is 2.74. The average Bonchev–Trinajstić information content (AvgIpc) is 3.87. The maximum absolute atomic E-state index is 11.9. The minimum absolute atomic E-state index is 0.00679. The Labute approximate surface area is 435 Å². The minimum Gasteiger partial charge on any atom is -0.394 e. The van der Waals surface area contributed by atoms with Crippen molar-refractivity contribution in [2.45, 2.75) is 243 Å². The van der Waals surface area contributed by atoms with E-state index in [0.717, 1.165) is 44.9 Å². The highest BCUT2D eigenvalue weighted by Gasteiger charge is 2.67. The van der Waals surface area contributed by atoms with Gasteiger partial charge in [0.2, 0.25) is 0 Å². The molecule has 0 aromatic carbocycles. The molecule has 20 heteroatoms. The fraction of sp³-hybridized carbons (Fsp3) is 0.926. The minimum atomic E-state index is -1.84. The Morgan fingerprint density at radius 2 is 1.30 bits per heavy atom. The summed E-state index contributed by atoms with van der Waals surface area (Å²) in [6, 6.07) is 0. The Bertz CT molecular complexity index is 1990. The van der Waals surface area contributed by atoms with E-state index in [1.54, 1.807) is 5.57 Å². The van der Waals surface area contributed by atoms with Crippen LogP contribution in [0.25, 0.3) is 0 Å². The highest BCUT2D eigenvalue weighted by atomic mass is 16.8. The number of fused-ring (bicyclic) bond motifs is 5. The summed E-state index contributed by atoms with van der Waals surface area (Å²) in [6.45, 7) is 18.8. The molecule has 5 aliphatic heterocycles. The normalized spacial score (nSPS) is 53.4. The number of aliphatic hydroxyl groups excluding tert-OH is 10. The van der Waals surface area contributed by atoms with Gasteiger partial charge in [0.25, 0.3) is 0 Å². The molecule has 20 nitrogen and oxygen atoms in total. The molecule has 9 rings (SSSR count). The molecule has 0 aromatic rings. The van der Waals surface area contributed by atoms with E-state index in [2.05, 4.69) is 60.6 Å². The SMILES string of the molecule is CCOC1OC(C=C(C)C)CC1C1CCC2(C)C3=CCC4C(C)(C)C(OC5OC(CO)C(O)C(OC6OCC(O)C(O)C6O)C5OC5OC(C)C(O)C(OC6OCC(O)C(O)C6O)C5O)CCC4(C)C3CCC12C. The summed E-state index contributed by atoms with van der Waals surface area (Å²) in [6.07, 6.45) is -16.6. The van der Waals surface area contributed by atoms with E-state index in [1.165, 1.54) is 12.5 Å². The van der Waals surface area contributed by atoms with Crippen LogP contribution in [-0.2, 0) is 47.4 Å². The average molecular weight is 1060 g/mol. The van der Waals surface area contributed by atoms with Gasteiger partial charge in [-0.25, -0.2) is 0 Å². The molecule has 4 aliphatic carbocycles. The molecule has 28 atom stereocenters. The lowest BCUT2D eigenvalue weighted by atomic mass is 9.41. The van der Waals surface area contributed by atoms with Gasteiger partial charge in [0.05, 0.1) is 38.1 Å². The third-order valence-corrected chi connectivity index (χ3v) is 20.0. The van der Waals surface area contributed by atoms with Crippen molar-refractivity contribution < 1.29 is 98.4 Å². The lowest BCUT2D eigenvalue weighted by Crippen LogP contribution is -2.67. The largest absolute Gasteiger partial charge is 0.394 e. The number of ether oxygens (including phenoxy) is 10. The summed E-state index contributed by atoms with van der Waals surface area (Å²) >= 11 is 0. The van der Waals surface area contributed by atoms with Gasteiger partial charge in [-0.3, -0.25) is 0 Å². The Morgan fingerprint density at radius 1 is 0.662 bits per heavy atom. The first-order valence-electron chi connectivity index (χ1n) is 27.4. The van der Waals surface area contributed by atoms with E-state index in [4.69, 9.17) is 47.4 Å². The molecule has 0 amide bonds. The molecule has 0 bridgehead atoms. The summed E-state index contributed by atoms with van der Waals surface area (Å²) in [5.41, 5.74) is 2.28. The lowest BCUT2D eigenvalue weighted by molar-refractivity contribution is -0.400. The fourth-order valence-corrected chi connectivity index (χ4v) is 15.7. The van der Waals surface area contributed by atoms with Gasteiger partial charge in [0.1, 0.15) is 79.4 Å². The first kappa shape index (κ1) is 57.4. The predicted molar refractivity (Wildman–Crippen MR) is 260 cm³/mol. The number of hydrogen-bond donors (Lipinski definition) is 10. The van der Waals surface area contributed by atoms with E-state index >= 15 is 0 Å². The molecule has 9 aliphatic rings. The summed E-state index contributed by atoms with van der Waals surface area (Å²) < 4.78 is 62.2. The van der Waals surface area contributed by atoms with E-state index < -0.39 is 142 Å². The van der Waals surface area contributed by atoms with Crippen LogP contribution in [0.2, 0.25) is 0 Å². The number of allylic oxidation sites excluding steroid dienone is 3. The third-order valence-electron chi connectivity index (χ3n) is 20.0. The molecule has 0 radical (unpaired) electrons. The van der Waals surface area contributed by atoms with Gasteiger partial charge in [-0.2, -0.15) is 0 Å². The van der Waals surface area contributed by atoms with Gasteiger partial charge in [0.15, 0.2) is 31.5 Å². The second-order valence-electron chi connectivity index (χ2n) is 24.8. The molecule has 0 aromatic heterocycles. The van der Waals surface area contributed by atoms with Crippen molar-refractivity contribution in [3.05, 3.63) is 23.3 Å². The van der Waals surface area contributed by atoms with Crippen molar-refractivity contribution in [3.63, 3.8) is 0 Å². The van der Waals surface area contributed by atoms with Crippen LogP contribution in [0.5, 0.6) is 0 Å². The zero-order valence-corrected chi connectivity index (χ0v) is 44.6. The highest BCUT2D eigenvalue weighted by molar-refractivity contribution is 5.33. The van der Waals surface area contributed by atoms with Gasteiger partial charge in [-0.1, -0.05) is 57.9 Å². The van der Waals surface area contributed by atoms with Crippen molar-refractivity contribution in [1.29, 1.82) is 0 Å². The fourth-order valence-electron chi connectivity index (χ4n) is 15.7. The molecular weight excluding hydrogens is 969 g/mol. The van der Waals surface area contributed by atoms with Crippen LogP contribution in [0.1, 0.15) is 114 Å². The number of aliphatic hydroxyl groups is 10. The van der Waals surface area contributed by atoms with Crippen LogP contribution in [0, 0.1) is 45.3 Å². The van der Waals surface area contributed by atoms with Crippen molar-refractivity contribution in [1.82, 2.24) is 0 Å². The lowest BCUT2D eigenvalue weighted by Gasteiger charge is -2.65. The zero-order chi connectivity index (χ0) is 53.6. The van der Waals surface area contributed by atoms with E-state index in [-0.39, 0.29) is 34.6 Å². The summed E-state index contributed by atoms with van der Waals surface area (Å²) in [5.74, 6) is 1.25. The summed E-state index contributed by atoms with van der Waals surface area (Å²) in [4.78, 5) is 0. The zero-order valence-electron chi connectivity index (χ0n) is 44.6. The predicted octanol–water partition coefficient (Wildman–Crippen LogP) is 1.29. The molecule has 28 unspecified atom stereocenters. The van der Waals surface area contributed by atoms with Gasteiger partial charge < -0.3 is 98.4 Å². The monoisotopic (exact) mass is 1060 g/mol. The Morgan fingerprint density at radius 3 is 1.92 bits per heavy atom. The van der Waals surface area contributed by atoms with Crippen LogP contribution in [0.3, 0.4) is 0 Å². The van der Waals surface area contributed by atoms with Gasteiger partial charge >= 0.3 is 0 Å². The van der Waals surface area contributed by atoms with E-state index in [9.17, 15) is 51.1 Å². The Balaban J connectivity index is 0.983. The van der Waals surface area contributed by atoms with Crippen molar-refractivity contribution in [2.24, 2.45) is 45.3 Å². The maximum atomic E-state index is 11.9. The van der Waals surface area contributed by atoms with Crippen molar-refractivity contribution >= 4 is 0 Å². The van der Waals surface area contributed by atoms with E-state index in [0.29, 0.717) is 30.8 Å². The van der Waals surface area contributed by atoms with Gasteiger partial charge in [-0.15, -0.1) is 0 Å². The second kappa shape index (κ2) is 22.0. The van der Waals surface area contributed by atoms with Crippen LogP contribution in [-0.4, -0.2) is 207 Å². The van der Waals surface area contributed by atoms with Crippen LogP contribution >= 0.6 is 0 Å². The third kappa shape index (κ3) is 9.95. The topological polar surface area (TPSA) is 295 Å². The smallest absolute Gasteiger partial charge is 0.187 e. The Kier molecular flexibility index (Phi) is 17.0. The quantitative estimate of drug-likeness (QED) is 0.116. The van der Waals surface area contributed by atoms with Crippen molar-refractivity contribution in [3.8, 4) is 0 Å². The summed E-state index contributed by atoms with van der Waals surface area (Å²) in [7, 11) is 0. The van der Waals surface area contributed by atoms with Gasteiger partial charge in [-0.05, 0) is 118 Å². The number of hydrogen-bond acceptors (Lipinski definition) is 20. The first-order valence-corrected chi connectivity index (χ1v) is 27.4. The first-order chi connectivity index (χ1) is 34.9. The molecule has 74 heavy (non-hydrogen) atoms. The molecule has 5 heterocycles. The molecule has 3 saturated carbocycles. The standard InChI is InChI=1S/C54H88O20/c1-10-65-46-27(20-26(69-46)19-24(2)3)28-13-17-54(9)30-11-12-34-51(5,6)35(15-16-52(34,7)29(30)14-18-53(28,54)8)71-50-45(44(39(61)33(21-55)70-50)73-48-41(63)38(60)32(57)23-67-48)74-49-42(64)43(36(58)25(4)68-49)72-47-40(62)37(59)31(56)22-66-47/h11,19,25-29,31-50,55-64H,10,12-18,20-23H2,1-9H3. The van der Waals surface area contributed by atoms with Gasteiger partial charge in [0, 0.05) is 12.5 Å². The molecular formula is C54H88O20. The van der Waals surface area contributed by atoms with Crippen LogP contribution < -0.4 is 0 Å². The van der Waals surface area contributed by atoms with Crippen molar-refractivity contribution in [2.75, 3.05) is 26.4 Å². The maximum Gasteiger partial charge on any atom is 0.187 e. The van der Waals surface area contributed by atoms with Crippen LogP contribution in [0.15, 0.2) is 23.3 Å². The van der Waals surface area contributed by atoms with E-state index in [1.807, 2.05) is 6.92 Å². The molecule has 424 valence electrons.